The molecule has 2 aromatic carbocycles. The number of anilines is 1. The van der Waals surface area contributed by atoms with Crippen molar-refractivity contribution in [2.24, 2.45) is 5.92 Å². The van der Waals surface area contributed by atoms with Crippen molar-refractivity contribution in [3.05, 3.63) is 53.1 Å². The SMILES string of the molecule is Cc1ccc(C)c(OCC(=O)c2ccc3c(c2)N(CCCC(=O)NCC2CC2)C(=O)CO3)c1. The Morgan fingerprint density at radius 2 is 1.97 bits per heavy atom. The number of Topliss-reactive ketones (excluding diaryl/α,β-unsaturated/α-hetero) is 1. The fourth-order valence-electron chi connectivity index (χ4n) is 3.78. The van der Waals surface area contributed by atoms with Gasteiger partial charge in [-0.3, -0.25) is 14.4 Å². The number of amides is 2. The molecule has 1 aliphatic heterocycles. The minimum atomic E-state index is -0.184. The summed E-state index contributed by atoms with van der Waals surface area (Å²) in [6.07, 6.45) is 3.27. The van der Waals surface area contributed by atoms with Gasteiger partial charge in [0.15, 0.2) is 19.0 Å². The van der Waals surface area contributed by atoms with Gasteiger partial charge in [-0.1, -0.05) is 12.1 Å². The lowest BCUT2D eigenvalue weighted by Gasteiger charge is -2.29. The maximum Gasteiger partial charge on any atom is 0.265 e. The zero-order chi connectivity index (χ0) is 23.4. The molecule has 0 atom stereocenters. The van der Waals surface area contributed by atoms with Crippen molar-refractivity contribution < 1.29 is 23.9 Å². The zero-order valence-corrected chi connectivity index (χ0v) is 19.2. The van der Waals surface area contributed by atoms with Gasteiger partial charge in [-0.25, -0.2) is 0 Å². The molecule has 174 valence electrons. The number of fused-ring (bicyclic) bond motifs is 1. The van der Waals surface area contributed by atoms with Crippen LogP contribution in [-0.2, 0) is 9.59 Å². The molecular weight excluding hydrogens is 420 g/mol. The fourth-order valence-corrected chi connectivity index (χ4v) is 3.78. The number of benzene rings is 2. The van der Waals surface area contributed by atoms with Gasteiger partial charge in [-0.05, 0) is 74.4 Å². The van der Waals surface area contributed by atoms with Crippen LogP contribution in [0, 0.1) is 19.8 Å². The highest BCUT2D eigenvalue weighted by Crippen LogP contribution is 2.33. The molecule has 1 aliphatic carbocycles. The first-order valence-corrected chi connectivity index (χ1v) is 11.5. The molecule has 7 nitrogen and oxygen atoms in total. The van der Waals surface area contributed by atoms with Crippen LogP contribution in [0.4, 0.5) is 5.69 Å². The molecule has 0 spiro atoms. The van der Waals surface area contributed by atoms with E-state index < -0.39 is 0 Å². The van der Waals surface area contributed by atoms with Crippen molar-refractivity contribution in [1.29, 1.82) is 0 Å². The summed E-state index contributed by atoms with van der Waals surface area (Å²) in [5, 5.41) is 2.95. The van der Waals surface area contributed by atoms with E-state index in [0.29, 0.717) is 48.1 Å². The van der Waals surface area contributed by atoms with E-state index in [1.165, 1.54) is 12.8 Å². The summed E-state index contributed by atoms with van der Waals surface area (Å²) in [4.78, 5) is 38.9. The molecule has 1 N–H and O–H groups in total. The van der Waals surface area contributed by atoms with E-state index in [2.05, 4.69) is 5.32 Å². The molecule has 7 heteroatoms. The Labute approximate surface area is 194 Å². The molecule has 1 saturated carbocycles. The third kappa shape index (κ3) is 5.92. The molecule has 0 bridgehead atoms. The fraction of sp³-hybridized carbons (Fsp3) is 0.423. The number of carbonyl (C=O) groups is 3. The Kier molecular flexibility index (Phi) is 6.96. The molecule has 1 fully saturated rings. The summed E-state index contributed by atoms with van der Waals surface area (Å²) in [7, 11) is 0. The summed E-state index contributed by atoms with van der Waals surface area (Å²) in [5.41, 5.74) is 3.03. The van der Waals surface area contributed by atoms with Crippen molar-refractivity contribution in [1.82, 2.24) is 5.32 Å². The first kappa shape index (κ1) is 22.8. The van der Waals surface area contributed by atoms with Crippen LogP contribution in [0.5, 0.6) is 11.5 Å². The van der Waals surface area contributed by atoms with Gasteiger partial charge in [0.2, 0.25) is 5.91 Å². The molecule has 0 radical (unpaired) electrons. The number of ether oxygens (including phenoxy) is 2. The third-order valence-electron chi connectivity index (χ3n) is 6.00. The monoisotopic (exact) mass is 450 g/mol. The normalized spacial score (nSPS) is 15.0. The Morgan fingerprint density at radius 3 is 2.76 bits per heavy atom. The molecule has 2 amide bonds. The van der Waals surface area contributed by atoms with Gasteiger partial charge >= 0.3 is 0 Å². The van der Waals surface area contributed by atoms with Gasteiger partial charge < -0.3 is 19.7 Å². The van der Waals surface area contributed by atoms with E-state index >= 15 is 0 Å². The average Bonchev–Trinajstić information content (AvgIpc) is 3.64. The molecule has 2 aromatic rings. The van der Waals surface area contributed by atoms with Crippen molar-refractivity contribution in [3.8, 4) is 11.5 Å². The average molecular weight is 451 g/mol. The van der Waals surface area contributed by atoms with Crippen LogP contribution < -0.4 is 19.7 Å². The molecule has 2 aliphatic rings. The van der Waals surface area contributed by atoms with Gasteiger partial charge in [0.25, 0.3) is 5.91 Å². The molecule has 0 saturated heterocycles. The van der Waals surface area contributed by atoms with E-state index in [9.17, 15) is 14.4 Å². The van der Waals surface area contributed by atoms with E-state index in [1.54, 1.807) is 23.1 Å². The van der Waals surface area contributed by atoms with Crippen LogP contribution in [0.3, 0.4) is 0 Å². The van der Waals surface area contributed by atoms with Gasteiger partial charge in [-0.15, -0.1) is 0 Å². The van der Waals surface area contributed by atoms with Crippen LogP contribution in [0.1, 0.15) is 47.2 Å². The highest BCUT2D eigenvalue weighted by molar-refractivity contribution is 6.02. The third-order valence-corrected chi connectivity index (χ3v) is 6.00. The Bertz CT molecular complexity index is 1060. The van der Waals surface area contributed by atoms with Crippen molar-refractivity contribution in [2.75, 3.05) is 31.2 Å². The summed E-state index contributed by atoms with van der Waals surface area (Å²) >= 11 is 0. The summed E-state index contributed by atoms with van der Waals surface area (Å²) in [6.45, 7) is 4.89. The second-order valence-corrected chi connectivity index (χ2v) is 8.85. The van der Waals surface area contributed by atoms with Crippen LogP contribution >= 0.6 is 0 Å². The smallest absolute Gasteiger partial charge is 0.265 e. The second kappa shape index (κ2) is 10.1. The maximum absolute atomic E-state index is 12.8. The van der Waals surface area contributed by atoms with E-state index in [4.69, 9.17) is 9.47 Å². The number of nitrogens with zero attached hydrogens (tertiary/aromatic N) is 1. The molecule has 0 aromatic heterocycles. The Morgan fingerprint density at radius 1 is 1.15 bits per heavy atom. The standard InChI is InChI=1S/C26H30N2O5/c1-17-5-6-18(2)24(12-17)32-15-22(29)20-9-10-23-21(13-20)28(26(31)16-33-23)11-3-4-25(30)27-14-19-7-8-19/h5-6,9-10,12-13,19H,3-4,7-8,11,14-16H2,1-2H3,(H,27,30). The highest BCUT2D eigenvalue weighted by atomic mass is 16.5. The predicted molar refractivity (Wildman–Crippen MR) is 125 cm³/mol. The number of hydrogen-bond acceptors (Lipinski definition) is 5. The van der Waals surface area contributed by atoms with Crippen molar-refractivity contribution in [2.45, 2.75) is 39.5 Å². The summed E-state index contributed by atoms with van der Waals surface area (Å²) in [5.74, 6) is 1.52. The van der Waals surface area contributed by atoms with Crippen molar-refractivity contribution in [3.63, 3.8) is 0 Å². The first-order chi connectivity index (χ1) is 15.9. The molecule has 33 heavy (non-hydrogen) atoms. The lowest BCUT2D eigenvalue weighted by atomic mass is 10.1. The lowest BCUT2D eigenvalue weighted by Crippen LogP contribution is -2.40. The van der Waals surface area contributed by atoms with Gasteiger partial charge in [0, 0.05) is 25.1 Å². The summed E-state index contributed by atoms with van der Waals surface area (Å²) < 4.78 is 11.3. The maximum atomic E-state index is 12.8. The van der Waals surface area contributed by atoms with Crippen LogP contribution in [-0.4, -0.2) is 43.9 Å². The lowest BCUT2D eigenvalue weighted by molar-refractivity contribution is -0.122. The minimum absolute atomic E-state index is 0.00958. The van der Waals surface area contributed by atoms with Crippen molar-refractivity contribution >= 4 is 23.3 Å². The molecular formula is C26H30N2O5. The Hall–Kier alpha value is -3.35. The predicted octanol–water partition coefficient (Wildman–Crippen LogP) is 3.60. The first-order valence-electron chi connectivity index (χ1n) is 11.5. The molecule has 1 heterocycles. The number of hydrogen-bond donors (Lipinski definition) is 1. The number of rotatable bonds is 10. The van der Waals surface area contributed by atoms with E-state index in [0.717, 1.165) is 17.7 Å². The van der Waals surface area contributed by atoms with Gasteiger partial charge in [0.1, 0.15) is 11.5 Å². The van der Waals surface area contributed by atoms with Crippen LogP contribution in [0.25, 0.3) is 0 Å². The Balaban J connectivity index is 1.38. The summed E-state index contributed by atoms with van der Waals surface area (Å²) in [6, 6.07) is 10.9. The van der Waals surface area contributed by atoms with Crippen LogP contribution in [0.2, 0.25) is 0 Å². The number of ketones is 1. The van der Waals surface area contributed by atoms with Gasteiger partial charge in [0.05, 0.1) is 5.69 Å². The largest absolute Gasteiger partial charge is 0.485 e. The highest BCUT2D eigenvalue weighted by Gasteiger charge is 2.27. The quantitative estimate of drug-likeness (QED) is 0.559. The van der Waals surface area contributed by atoms with Crippen LogP contribution in [0.15, 0.2) is 36.4 Å². The van der Waals surface area contributed by atoms with Gasteiger partial charge in [-0.2, -0.15) is 0 Å². The zero-order valence-electron chi connectivity index (χ0n) is 19.2. The van der Waals surface area contributed by atoms with E-state index in [1.807, 2.05) is 32.0 Å². The number of nitrogens with one attached hydrogen (secondary N) is 1. The molecule has 0 unspecified atom stereocenters. The number of aryl methyl sites for hydroxylation is 2. The molecule has 4 rings (SSSR count). The van der Waals surface area contributed by atoms with E-state index in [-0.39, 0.29) is 30.8 Å². The topological polar surface area (TPSA) is 84.9 Å². The number of carbonyl (C=O) groups excluding carboxylic acids is 3. The minimum Gasteiger partial charge on any atom is -0.485 e. The second-order valence-electron chi connectivity index (χ2n) is 8.85.